The molecule has 1 aromatic rings. The van der Waals surface area contributed by atoms with Crippen LogP contribution in [0.15, 0.2) is 60.3 Å². The number of aromatic nitrogens is 1. The van der Waals surface area contributed by atoms with Gasteiger partial charge in [0.05, 0.1) is 12.5 Å². The van der Waals surface area contributed by atoms with Crippen molar-refractivity contribution in [2.24, 2.45) is 11.8 Å². The third-order valence-electron chi connectivity index (χ3n) is 9.27. The first-order valence-corrected chi connectivity index (χ1v) is 16.2. The molecule has 1 aromatic heterocycles. The summed E-state index contributed by atoms with van der Waals surface area (Å²) in [6, 6.07) is 6.54. The molecule has 1 amide bonds. The normalized spacial score (nSPS) is 30.3. The zero-order valence-electron chi connectivity index (χ0n) is 26.4. The van der Waals surface area contributed by atoms with Crippen molar-refractivity contribution in [3.63, 3.8) is 0 Å². The molecule has 1 saturated heterocycles. The molecule has 8 nitrogen and oxygen atoms in total. The van der Waals surface area contributed by atoms with Crippen molar-refractivity contribution >= 4 is 12.1 Å². The number of rotatable bonds is 6. The fourth-order valence-electron chi connectivity index (χ4n) is 6.39. The maximum Gasteiger partial charge on any atom is 0.410 e. The van der Waals surface area contributed by atoms with Crippen molar-refractivity contribution in [3.8, 4) is 0 Å². The molecule has 1 aliphatic carbocycles. The molecule has 8 heteroatoms. The molecule has 0 bridgehead atoms. The quantitative estimate of drug-likeness (QED) is 0.244. The van der Waals surface area contributed by atoms with Crippen molar-refractivity contribution < 1.29 is 24.2 Å². The molecule has 0 radical (unpaired) electrons. The SMILES string of the molecule is C/C(=C\C=C\[C@@H](C)c1ccccn1)[C@H]1OC(=O)C[C@H](O)CC[C@H](C)[C@@H](OC(=O)N2CCN(C3CCCC3)CC2)/C=C/[C@@H]1C. The molecule has 3 aliphatic rings. The first-order chi connectivity index (χ1) is 20.7. The minimum Gasteiger partial charge on any atom is -0.457 e. The lowest BCUT2D eigenvalue weighted by atomic mass is 9.92. The van der Waals surface area contributed by atoms with Crippen LogP contribution in [-0.2, 0) is 14.3 Å². The van der Waals surface area contributed by atoms with Crippen LogP contribution in [0, 0.1) is 11.8 Å². The van der Waals surface area contributed by atoms with Gasteiger partial charge in [0.2, 0.25) is 0 Å². The van der Waals surface area contributed by atoms with E-state index >= 15 is 0 Å². The summed E-state index contributed by atoms with van der Waals surface area (Å²) in [5.74, 6) is -0.450. The molecular formula is C35H51N3O5. The Morgan fingerprint density at radius 2 is 1.84 bits per heavy atom. The number of esters is 1. The predicted molar refractivity (Wildman–Crippen MR) is 168 cm³/mol. The van der Waals surface area contributed by atoms with E-state index < -0.39 is 24.3 Å². The second-order valence-corrected chi connectivity index (χ2v) is 12.7. The van der Waals surface area contributed by atoms with Crippen LogP contribution >= 0.6 is 0 Å². The summed E-state index contributed by atoms with van der Waals surface area (Å²) in [6.45, 7) is 11.2. The molecule has 0 unspecified atom stereocenters. The van der Waals surface area contributed by atoms with Gasteiger partial charge in [0.1, 0.15) is 12.2 Å². The Morgan fingerprint density at radius 1 is 1.09 bits per heavy atom. The summed E-state index contributed by atoms with van der Waals surface area (Å²) in [5, 5.41) is 10.6. The van der Waals surface area contributed by atoms with Crippen molar-refractivity contribution in [1.82, 2.24) is 14.8 Å². The van der Waals surface area contributed by atoms with Gasteiger partial charge >= 0.3 is 12.1 Å². The highest BCUT2D eigenvalue weighted by Crippen LogP contribution is 2.27. The van der Waals surface area contributed by atoms with Gasteiger partial charge in [-0.1, -0.05) is 64.0 Å². The first-order valence-electron chi connectivity index (χ1n) is 16.2. The van der Waals surface area contributed by atoms with Gasteiger partial charge in [-0.25, -0.2) is 4.79 Å². The summed E-state index contributed by atoms with van der Waals surface area (Å²) in [7, 11) is 0. The highest BCUT2D eigenvalue weighted by Gasteiger charge is 2.31. The van der Waals surface area contributed by atoms with Gasteiger partial charge in [0, 0.05) is 55.9 Å². The Morgan fingerprint density at radius 3 is 2.53 bits per heavy atom. The van der Waals surface area contributed by atoms with Crippen molar-refractivity contribution in [2.75, 3.05) is 26.2 Å². The van der Waals surface area contributed by atoms with E-state index in [0.29, 0.717) is 32.0 Å². The number of aliphatic hydroxyl groups excluding tert-OH is 1. The van der Waals surface area contributed by atoms with E-state index in [-0.39, 0.29) is 30.3 Å². The lowest BCUT2D eigenvalue weighted by molar-refractivity contribution is -0.151. The van der Waals surface area contributed by atoms with Gasteiger partial charge in [-0.05, 0) is 62.3 Å². The molecular weight excluding hydrogens is 542 g/mol. The van der Waals surface area contributed by atoms with Gasteiger partial charge < -0.3 is 19.5 Å². The number of ether oxygens (including phenoxy) is 2. The lowest BCUT2D eigenvalue weighted by Gasteiger charge is -2.38. The van der Waals surface area contributed by atoms with Gasteiger partial charge in [-0.2, -0.15) is 0 Å². The molecule has 0 spiro atoms. The fraction of sp³-hybridized carbons (Fsp3) is 0.629. The van der Waals surface area contributed by atoms with Crippen LogP contribution in [0.2, 0.25) is 0 Å². The Bertz CT molecular complexity index is 1120. The zero-order valence-corrected chi connectivity index (χ0v) is 26.4. The monoisotopic (exact) mass is 593 g/mol. The van der Waals surface area contributed by atoms with E-state index in [0.717, 1.165) is 24.4 Å². The summed E-state index contributed by atoms with van der Waals surface area (Å²) in [5.41, 5.74) is 1.88. The third kappa shape index (κ3) is 9.77. The molecule has 1 N–H and O–H groups in total. The second kappa shape index (κ2) is 16.2. The number of pyridine rings is 1. The second-order valence-electron chi connectivity index (χ2n) is 12.7. The number of cyclic esters (lactones) is 1. The van der Waals surface area contributed by atoms with E-state index in [2.05, 4.69) is 22.9 Å². The van der Waals surface area contributed by atoms with Crippen molar-refractivity contribution in [2.45, 2.75) is 103 Å². The highest BCUT2D eigenvalue weighted by molar-refractivity contribution is 5.70. The van der Waals surface area contributed by atoms with Gasteiger partial charge in [0.25, 0.3) is 0 Å². The lowest BCUT2D eigenvalue weighted by Crippen LogP contribution is -2.52. The molecule has 2 fully saturated rings. The maximum absolute atomic E-state index is 13.3. The maximum atomic E-state index is 13.3. The van der Waals surface area contributed by atoms with Crippen molar-refractivity contribution in [3.05, 3.63) is 66.0 Å². The summed E-state index contributed by atoms with van der Waals surface area (Å²) < 4.78 is 12.0. The van der Waals surface area contributed by atoms with E-state index in [1.165, 1.54) is 25.7 Å². The molecule has 1 saturated carbocycles. The van der Waals surface area contributed by atoms with Crippen LogP contribution in [0.4, 0.5) is 4.79 Å². The Balaban J connectivity index is 1.43. The zero-order chi connectivity index (χ0) is 30.8. The summed E-state index contributed by atoms with van der Waals surface area (Å²) in [6.07, 6.45) is 15.9. The van der Waals surface area contributed by atoms with Crippen molar-refractivity contribution in [1.29, 1.82) is 0 Å². The number of carbonyl (C=O) groups is 2. The number of nitrogens with zero attached hydrogens (tertiary/aromatic N) is 3. The molecule has 236 valence electrons. The molecule has 2 aliphatic heterocycles. The average Bonchev–Trinajstić information content (AvgIpc) is 3.55. The van der Waals surface area contributed by atoms with E-state index in [9.17, 15) is 14.7 Å². The number of hydrogen-bond acceptors (Lipinski definition) is 7. The first kappa shape index (κ1) is 32.9. The molecule has 6 atom stereocenters. The molecule has 0 aromatic carbocycles. The van der Waals surface area contributed by atoms with Crippen LogP contribution in [0.25, 0.3) is 0 Å². The van der Waals surface area contributed by atoms with Gasteiger partial charge in [-0.15, -0.1) is 0 Å². The predicted octanol–water partition coefficient (Wildman–Crippen LogP) is 6.04. The standard InChI is InChI=1S/C35H51N3O5/c1-25(31-14-7-8-19-36-31)10-9-11-27(3)34-28(4)16-18-32(26(2)15-17-30(39)24-33(40)43-34)42-35(41)38-22-20-37(21-23-38)29-12-5-6-13-29/h7-11,14,16,18-19,25-26,28-30,32,34,39H,5-6,12-13,15,17,20-24H2,1-4H3/b10-9+,18-16+,27-11+/t25-,26+,28+,30-,32+,34-/m1/s1. The van der Waals surface area contributed by atoms with Crippen LogP contribution in [0.3, 0.4) is 0 Å². The van der Waals surface area contributed by atoms with E-state index in [1.54, 1.807) is 6.20 Å². The number of carbonyl (C=O) groups excluding carboxylic acids is 2. The Labute approximate surface area is 257 Å². The number of hydrogen-bond donors (Lipinski definition) is 1. The third-order valence-corrected chi connectivity index (χ3v) is 9.27. The minimum absolute atomic E-state index is 0.0108. The average molecular weight is 594 g/mol. The van der Waals surface area contributed by atoms with Crippen LogP contribution in [-0.4, -0.2) is 82.5 Å². The Kier molecular flexibility index (Phi) is 12.4. The number of amides is 1. The Hall–Kier alpha value is -2.97. The topological polar surface area (TPSA) is 92.2 Å². The van der Waals surface area contributed by atoms with Gasteiger partial charge in [0.15, 0.2) is 0 Å². The van der Waals surface area contributed by atoms with E-state index in [4.69, 9.17) is 9.47 Å². The fourth-order valence-corrected chi connectivity index (χ4v) is 6.39. The summed E-state index contributed by atoms with van der Waals surface area (Å²) >= 11 is 0. The van der Waals surface area contributed by atoms with Crippen LogP contribution in [0.5, 0.6) is 0 Å². The minimum atomic E-state index is -0.808. The molecule has 3 heterocycles. The number of aliphatic hydroxyl groups is 1. The number of piperazine rings is 1. The van der Waals surface area contributed by atoms with Crippen LogP contribution in [0.1, 0.15) is 84.3 Å². The highest BCUT2D eigenvalue weighted by atomic mass is 16.6. The molecule has 43 heavy (non-hydrogen) atoms. The smallest absolute Gasteiger partial charge is 0.410 e. The molecule has 4 rings (SSSR count). The van der Waals surface area contributed by atoms with Gasteiger partial charge in [-0.3, -0.25) is 14.7 Å². The number of allylic oxidation sites excluding steroid dienone is 3. The van der Waals surface area contributed by atoms with Crippen LogP contribution < -0.4 is 0 Å². The summed E-state index contributed by atoms with van der Waals surface area (Å²) in [4.78, 5) is 34.8. The van der Waals surface area contributed by atoms with E-state index in [1.807, 2.05) is 68.2 Å². The largest absolute Gasteiger partial charge is 0.457 e.